The van der Waals surface area contributed by atoms with Gasteiger partial charge in [-0.15, -0.1) is 0 Å². The first-order valence-electron chi connectivity index (χ1n) is 12.7. The number of aromatic nitrogens is 2. The number of anilines is 1. The summed E-state index contributed by atoms with van der Waals surface area (Å²) in [5, 5.41) is 4.46. The number of hydrogen-bond acceptors (Lipinski definition) is 5. The number of aryl methyl sites for hydroxylation is 2. The van der Waals surface area contributed by atoms with Crippen LogP contribution in [0.15, 0.2) is 30.5 Å². The zero-order valence-electron chi connectivity index (χ0n) is 22.0. The first-order valence-corrected chi connectivity index (χ1v) is 12.7. The third kappa shape index (κ3) is 5.63. The van der Waals surface area contributed by atoms with Gasteiger partial charge in [-0.25, -0.2) is 4.79 Å². The lowest BCUT2D eigenvalue weighted by molar-refractivity contribution is 0.0202. The van der Waals surface area contributed by atoms with Gasteiger partial charge in [-0.2, -0.15) is 5.10 Å². The van der Waals surface area contributed by atoms with Crippen LogP contribution in [0.2, 0.25) is 0 Å². The second kappa shape index (κ2) is 9.91. The number of carbonyl (C=O) groups is 2. The van der Waals surface area contributed by atoms with Crippen molar-refractivity contribution in [3.05, 3.63) is 47.3 Å². The fourth-order valence-corrected chi connectivity index (χ4v) is 5.26. The molecule has 4 rings (SSSR count). The smallest absolute Gasteiger partial charge is 0.410 e. The molecule has 0 spiro atoms. The molecule has 0 N–H and O–H groups in total. The molecule has 8 nitrogen and oxygen atoms in total. The Labute approximate surface area is 208 Å². The predicted octanol–water partition coefficient (Wildman–Crippen LogP) is 4.19. The van der Waals surface area contributed by atoms with Crippen LogP contribution in [0.5, 0.6) is 0 Å². The summed E-state index contributed by atoms with van der Waals surface area (Å²) in [7, 11) is 1.91. The minimum absolute atomic E-state index is 0.0541. The van der Waals surface area contributed by atoms with Crippen molar-refractivity contribution >= 4 is 17.7 Å². The van der Waals surface area contributed by atoms with Gasteiger partial charge in [-0.3, -0.25) is 9.48 Å². The number of amides is 2. The van der Waals surface area contributed by atoms with E-state index in [-0.39, 0.29) is 24.0 Å². The summed E-state index contributed by atoms with van der Waals surface area (Å²) >= 11 is 0. The number of rotatable bonds is 3. The van der Waals surface area contributed by atoms with Crippen molar-refractivity contribution in [2.75, 3.05) is 37.6 Å². The lowest BCUT2D eigenvalue weighted by Crippen LogP contribution is -2.54. The lowest BCUT2D eigenvalue weighted by atomic mass is 9.91. The Morgan fingerprint density at radius 2 is 1.77 bits per heavy atom. The summed E-state index contributed by atoms with van der Waals surface area (Å²) in [6.07, 6.45) is 3.03. The number of ether oxygens (including phenoxy) is 1. The van der Waals surface area contributed by atoms with Gasteiger partial charge in [0.2, 0.25) is 0 Å². The molecule has 0 unspecified atom stereocenters. The van der Waals surface area contributed by atoms with E-state index < -0.39 is 5.60 Å². The Bertz CT molecular complexity index is 1070. The molecule has 1 aromatic heterocycles. The van der Waals surface area contributed by atoms with Gasteiger partial charge < -0.3 is 19.4 Å². The van der Waals surface area contributed by atoms with Gasteiger partial charge in [-0.05, 0) is 65.2 Å². The highest BCUT2D eigenvalue weighted by atomic mass is 16.6. The Balaban J connectivity index is 1.42. The van der Waals surface area contributed by atoms with E-state index in [9.17, 15) is 9.59 Å². The summed E-state index contributed by atoms with van der Waals surface area (Å²) in [6.45, 7) is 13.3. The number of hydrogen-bond donors (Lipinski definition) is 0. The van der Waals surface area contributed by atoms with Crippen LogP contribution in [0, 0.1) is 6.92 Å². The SMILES string of the molecule is Cc1cccc(N2CCN(C(=O)c3cnn(C)c3C3CCN(C(=O)OC(C)(C)C)CC3)C[C@H]2C)c1. The summed E-state index contributed by atoms with van der Waals surface area (Å²) in [5.41, 5.74) is 3.62. The number of piperazine rings is 1. The van der Waals surface area contributed by atoms with Crippen molar-refractivity contribution in [2.45, 2.75) is 65.0 Å². The highest BCUT2D eigenvalue weighted by molar-refractivity contribution is 5.95. The van der Waals surface area contributed by atoms with E-state index in [1.807, 2.05) is 37.4 Å². The average Bonchev–Trinajstić information content (AvgIpc) is 3.18. The summed E-state index contributed by atoms with van der Waals surface area (Å²) in [4.78, 5) is 32.2. The van der Waals surface area contributed by atoms with E-state index in [2.05, 4.69) is 48.1 Å². The molecule has 2 aliphatic heterocycles. The molecule has 2 fully saturated rings. The maximum Gasteiger partial charge on any atom is 0.410 e. The number of nitrogens with zero attached hydrogens (tertiary/aromatic N) is 5. The summed E-state index contributed by atoms with van der Waals surface area (Å²) in [6, 6.07) is 8.77. The standard InChI is InChI=1S/C27H39N5O3/c1-19-8-7-9-22(16-19)32-15-14-31(18-20(32)2)25(33)23-17-28-29(6)24(23)21-10-12-30(13-11-21)26(34)35-27(3,4)5/h7-9,16-17,20-21H,10-15,18H2,1-6H3/t20-/m1/s1. The topological polar surface area (TPSA) is 70.9 Å². The van der Waals surface area contributed by atoms with Crippen molar-refractivity contribution < 1.29 is 14.3 Å². The quantitative estimate of drug-likeness (QED) is 0.657. The molecule has 0 aliphatic carbocycles. The molecule has 2 aliphatic rings. The van der Waals surface area contributed by atoms with Gasteiger partial charge in [0.25, 0.3) is 5.91 Å². The Kier molecular flexibility index (Phi) is 7.10. The lowest BCUT2D eigenvalue weighted by Gasteiger charge is -2.41. The Hall–Kier alpha value is -3.03. The van der Waals surface area contributed by atoms with Crippen molar-refractivity contribution in [3.63, 3.8) is 0 Å². The molecule has 0 bridgehead atoms. The van der Waals surface area contributed by atoms with Crippen LogP contribution in [0.3, 0.4) is 0 Å². The maximum absolute atomic E-state index is 13.6. The van der Waals surface area contributed by atoms with E-state index in [1.165, 1.54) is 11.3 Å². The first kappa shape index (κ1) is 25.1. The van der Waals surface area contributed by atoms with Crippen molar-refractivity contribution in [1.82, 2.24) is 19.6 Å². The van der Waals surface area contributed by atoms with Gasteiger partial charge >= 0.3 is 6.09 Å². The van der Waals surface area contributed by atoms with Gasteiger partial charge in [-0.1, -0.05) is 12.1 Å². The maximum atomic E-state index is 13.6. The highest BCUT2D eigenvalue weighted by Gasteiger charge is 2.34. The third-order valence-corrected chi connectivity index (χ3v) is 7.00. The van der Waals surface area contributed by atoms with Crippen LogP contribution < -0.4 is 4.90 Å². The van der Waals surface area contributed by atoms with Gasteiger partial charge in [0.05, 0.1) is 17.5 Å². The fourth-order valence-electron chi connectivity index (χ4n) is 5.26. The van der Waals surface area contributed by atoms with Crippen molar-refractivity contribution in [3.8, 4) is 0 Å². The minimum atomic E-state index is -0.504. The number of benzene rings is 1. The monoisotopic (exact) mass is 481 g/mol. The molecule has 1 atom stereocenters. The van der Waals surface area contributed by atoms with E-state index in [0.29, 0.717) is 31.7 Å². The van der Waals surface area contributed by atoms with Crippen LogP contribution in [-0.4, -0.2) is 75.9 Å². The molecule has 2 saturated heterocycles. The highest BCUT2D eigenvalue weighted by Crippen LogP contribution is 2.32. The normalized spacial score (nSPS) is 19.7. The third-order valence-electron chi connectivity index (χ3n) is 7.00. The summed E-state index contributed by atoms with van der Waals surface area (Å²) in [5.74, 6) is 0.240. The molecule has 35 heavy (non-hydrogen) atoms. The van der Waals surface area contributed by atoms with Gasteiger partial charge in [0.15, 0.2) is 0 Å². The molecule has 0 saturated carbocycles. The average molecular weight is 482 g/mol. The van der Waals surface area contributed by atoms with E-state index in [4.69, 9.17) is 4.74 Å². The van der Waals surface area contributed by atoms with Crippen LogP contribution >= 0.6 is 0 Å². The zero-order chi connectivity index (χ0) is 25.3. The van der Waals surface area contributed by atoms with Crippen molar-refractivity contribution in [1.29, 1.82) is 0 Å². The van der Waals surface area contributed by atoms with Crippen LogP contribution in [0.1, 0.15) is 68.1 Å². The first-order chi connectivity index (χ1) is 16.5. The molecule has 8 heteroatoms. The molecule has 2 amide bonds. The number of carbonyl (C=O) groups excluding carboxylic acids is 2. The molecular formula is C27H39N5O3. The number of likely N-dealkylation sites (tertiary alicyclic amines) is 1. The van der Waals surface area contributed by atoms with E-state index >= 15 is 0 Å². The largest absolute Gasteiger partial charge is 0.444 e. The van der Waals surface area contributed by atoms with Crippen LogP contribution in [0.25, 0.3) is 0 Å². The molecule has 0 radical (unpaired) electrons. The second-order valence-electron chi connectivity index (χ2n) is 10.9. The van der Waals surface area contributed by atoms with Crippen LogP contribution in [0.4, 0.5) is 10.5 Å². The Morgan fingerprint density at radius 3 is 2.40 bits per heavy atom. The number of piperidine rings is 1. The van der Waals surface area contributed by atoms with E-state index in [1.54, 1.807) is 11.1 Å². The van der Waals surface area contributed by atoms with Crippen LogP contribution in [-0.2, 0) is 11.8 Å². The molecule has 1 aromatic carbocycles. The predicted molar refractivity (Wildman–Crippen MR) is 137 cm³/mol. The zero-order valence-corrected chi connectivity index (χ0v) is 22.0. The van der Waals surface area contributed by atoms with E-state index in [0.717, 1.165) is 25.1 Å². The van der Waals surface area contributed by atoms with Crippen molar-refractivity contribution in [2.24, 2.45) is 7.05 Å². The molecule has 3 heterocycles. The summed E-state index contributed by atoms with van der Waals surface area (Å²) < 4.78 is 7.37. The second-order valence-corrected chi connectivity index (χ2v) is 10.9. The minimum Gasteiger partial charge on any atom is -0.444 e. The molecule has 190 valence electrons. The molecular weight excluding hydrogens is 442 g/mol. The molecule has 2 aromatic rings. The van der Waals surface area contributed by atoms with Gasteiger partial charge in [0, 0.05) is 57.4 Å². The van der Waals surface area contributed by atoms with Gasteiger partial charge in [0.1, 0.15) is 5.60 Å². The fraction of sp³-hybridized carbons (Fsp3) is 0.593. The Morgan fingerprint density at radius 1 is 1.06 bits per heavy atom.